The lowest BCUT2D eigenvalue weighted by Gasteiger charge is -2.13. The summed E-state index contributed by atoms with van der Waals surface area (Å²) in [6.45, 7) is 7.29. The molecule has 0 radical (unpaired) electrons. The molecule has 0 aliphatic rings. The molecule has 29 heavy (non-hydrogen) atoms. The van der Waals surface area contributed by atoms with Crippen LogP contribution in [0.25, 0.3) is 10.2 Å². The highest BCUT2D eigenvalue weighted by atomic mass is 32.1. The summed E-state index contributed by atoms with van der Waals surface area (Å²) in [6, 6.07) is 3.84. The molecule has 9 nitrogen and oxygen atoms in total. The number of hydrogen-bond donors (Lipinski definition) is 1. The number of carbonyl (C=O) groups excluding carboxylic acids is 1. The van der Waals surface area contributed by atoms with Crippen LogP contribution in [0.2, 0.25) is 0 Å². The topological polar surface area (TPSA) is 124 Å². The van der Waals surface area contributed by atoms with Gasteiger partial charge < -0.3 is 14.5 Å². The predicted octanol–water partition coefficient (Wildman–Crippen LogP) is 3.83. The molecule has 0 aliphatic heterocycles. The van der Waals surface area contributed by atoms with Crippen LogP contribution in [-0.2, 0) is 4.74 Å². The monoisotopic (exact) mass is 417 g/mol. The van der Waals surface area contributed by atoms with Crippen molar-refractivity contribution < 1.29 is 19.2 Å². The quantitative estimate of drug-likeness (QED) is 0.367. The molecule has 2 aromatic heterocycles. The fraction of sp³-hybridized carbons (Fsp3) is 0.316. The average molecular weight is 417 g/mol. The molecule has 1 atom stereocenters. The molecule has 3 rings (SSSR count). The lowest BCUT2D eigenvalue weighted by Crippen LogP contribution is -2.17. The lowest BCUT2D eigenvalue weighted by atomic mass is 10.2. The molecule has 152 valence electrons. The number of nitrogens with one attached hydrogen (secondary N) is 1. The number of ether oxygens (including phenoxy) is 2. The summed E-state index contributed by atoms with van der Waals surface area (Å²) >= 11 is 1.39. The van der Waals surface area contributed by atoms with Gasteiger partial charge in [-0.2, -0.15) is 0 Å². The minimum Gasteiger partial charge on any atom is -0.487 e. The highest BCUT2D eigenvalue weighted by Crippen LogP contribution is 2.30. The van der Waals surface area contributed by atoms with Gasteiger partial charge in [-0.05, 0) is 45.4 Å². The van der Waals surface area contributed by atoms with Gasteiger partial charge in [-0.25, -0.2) is 9.78 Å². The maximum absolute atomic E-state index is 12.5. The number of benzene rings is 1. The smallest absolute Gasteiger partial charge is 0.339 e. The number of aromatic amines is 1. The van der Waals surface area contributed by atoms with Crippen molar-refractivity contribution >= 4 is 33.2 Å². The molecule has 1 N–H and O–H groups in total. The van der Waals surface area contributed by atoms with E-state index in [0.717, 1.165) is 16.5 Å². The number of nitro groups is 1. The minimum atomic E-state index is -0.854. The maximum atomic E-state index is 12.5. The Bertz CT molecular complexity index is 1170. The first kappa shape index (κ1) is 20.5. The van der Waals surface area contributed by atoms with Crippen LogP contribution in [0.1, 0.15) is 46.6 Å². The van der Waals surface area contributed by atoms with E-state index in [-0.39, 0.29) is 35.0 Å². The molecular weight excluding hydrogens is 398 g/mol. The molecule has 10 heteroatoms. The number of aromatic nitrogens is 2. The van der Waals surface area contributed by atoms with Crippen LogP contribution in [0.4, 0.5) is 5.69 Å². The Hall–Kier alpha value is -3.27. The molecule has 3 aromatic rings. The van der Waals surface area contributed by atoms with Crippen LogP contribution in [0.5, 0.6) is 5.75 Å². The second kappa shape index (κ2) is 8.00. The Morgan fingerprint density at radius 1 is 1.38 bits per heavy atom. The van der Waals surface area contributed by atoms with Crippen LogP contribution >= 0.6 is 11.3 Å². The second-order valence-electron chi connectivity index (χ2n) is 6.33. The lowest BCUT2D eigenvalue weighted by molar-refractivity contribution is -0.385. The Morgan fingerprint density at radius 2 is 2.10 bits per heavy atom. The van der Waals surface area contributed by atoms with Gasteiger partial charge in [-0.3, -0.25) is 14.9 Å². The van der Waals surface area contributed by atoms with Crippen molar-refractivity contribution in [3.05, 3.63) is 60.5 Å². The summed E-state index contributed by atoms with van der Waals surface area (Å²) in [6.07, 6.45) is -0.854. The fourth-order valence-corrected chi connectivity index (χ4v) is 3.85. The number of thiophene rings is 1. The van der Waals surface area contributed by atoms with E-state index in [1.807, 2.05) is 13.8 Å². The van der Waals surface area contributed by atoms with E-state index in [1.165, 1.54) is 23.5 Å². The van der Waals surface area contributed by atoms with E-state index in [9.17, 15) is 19.7 Å². The predicted molar refractivity (Wildman–Crippen MR) is 108 cm³/mol. The molecule has 0 amide bonds. The van der Waals surface area contributed by atoms with Crippen LogP contribution in [0, 0.1) is 24.0 Å². The standard InChI is InChI=1S/C19H19N3O6S/c1-5-27-14-7-6-12(8-13(14)22(25)26)19(24)28-10(3)16-20-17(23)15-9(2)11(4)29-18(15)21-16/h6-8,10H,5H2,1-4H3,(H,20,21,23)/t10-/m1/s1. The number of H-pyrrole nitrogens is 1. The van der Waals surface area contributed by atoms with Crippen molar-refractivity contribution in [3.63, 3.8) is 0 Å². The number of rotatable bonds is 6. The fourth-order valence-electron chi connectivity index (χ4n) is 2.81. The number of hydrogen-bond acceptors (Lipinski definition) is 8. The van der Waals surface area contributed by atoms with Gasteiger partial charge in [0.1, 0.15) is 4.83 Å². The van der Waals surface area contributed by atoms with E-state index >= 15 is 0 Å². The Kier molecular flexibility index (Phi) is 5.64. The van der Waals surface area contributed by atoms with Crippen molar-refractivity contribution in [3.8, 4) is 5.75 Å². The molecule has 2 heterocycles. The number of fused-ring (bicyclic) bond motifs is 1. The zero-order valence-corrected chi connectivity index (χ0v) is 17.1. The maximum Gasteiger partial charge on any atom is 0.339 e. The summed E-state index contributed by atoms with van der Waals surface area (Å²) < 4.78 is 10.6. The molecule has 0 fully saturated rings. The molecule has 0 unspecified atom stereocenters. The van der Waals surface area contributed by atoms with Crippen LogP contribution in [0.3, 0.4) is 0 Å². The molecule has 1 aromatic carbocycles. The zero-order valence-electron chi connectivity index (χ0n) is 16.3. The third kappa shape index (κ3) is 3.97. The SMILES string of the molecule is CCOc1ccc(C(=O)O[C@H](C)c2nc3sc(C)c(C)c3c(=O)[nH]2)cc1[N+](=O)[O-]. The van der Waals surface area contributed by atoms with Crippen molar-refractivity contribution in [2.75, 3.05) is 6.61 Å². The minimum absolute atomic E-state index is 0.00163. The van der Waals surface area contributed by atoms with Gasteiger partial charge in [0.25, 0.3) is 5.56 Å². The van der Waals surface area contributed by atoms with E-state index in [2.05, 4.69) is 9.97 Å². The van der Waals surface area contributed by atoms with Crippen molar-refractivity contribution in [2.45, 2.75) is 33.8 Å². The second-order valence-corrected chi connectivity index (χ2v) is 7.54. The molecule has 0 saturated carbocycles. The molecule has 0 aliphatic carbocycles. The first-order valence-electron chi connectivity index (χ1n) is 8.85. The first-order chi connectivity index (χ1) is 13.7. The zero-order chi connectivity index (χ0) is 21.3. The normalized spacial score (nSPS) is 12.0. The van der Waals surface area contributed by atoms with Gasteiger partial charge >= 0.3 is 11.7 Å². The number of nitrogens with zero attached hydrogens (tertiary/aromatic N) is 2. The molecule has 0 bridgehead atoms. The molecular formula is C19H19N3O6S. The van der Waals surface area contributed by atoms with Gasteiger partial charge in [-0.15, -0.1) is 11.3 Å². The Labute approximate surface area is 169 Å². The van der Waals surface area contributed by atoms with Crippen LogP contribution in [-0.4, -0.2) is 27.5 Å². The molecule has 0 saturated heterocycles. The number of esters is 1. The van der Waals surface area contributed by atoms with Gasteiger partial charge in [0.15, 0.2) is 17.7 Å². The van der Waals surface area contributed by atoms with Gasteiger partial charge in [-0.1, -0.05) is 0 Å². The van der Waals surface area contributed by atoms with Crippen LogP contribution < -0.4 is 10.3 Å². The highest BCUT2D eigenvalue weighted by molar-refractivity contribution is 7.18. The van der Waals surface area contributed by atoms with Crippen molar-refractivity contribution in [1.82, 2.24) is 9.97 Å². The van der Waals surface area contributed by atoms with E-state index in [4.69, 9.17) is 9.47 Å². The van der Waals surface area contributed by atoms with Crippen LogP contribution in [0.15, 0.2) is 23.0 Å². The van der Waals surface area contributed by atoms with Gasteiger partial charge in [0.05, 0.1) is 22.5 Å². The number of aryl methyl sites for hydroxylation is 2. The summed E-state index contributed by atoms with van der Waals surface area (Å²) in [5.74, 6) is -0.496. The van der Waals surface area contributed by atoms with E-state index in [0.29, 0.717) is 10.2 Å². The summed E-state index contributed by atoms with van der Waals surface area (Å²) in [7, 11) is 0. The van der Waals surface area contributed by atoms with Gasteiger partial charge in [0, 0.05) is 10.9 Å². The number of carbonyl (C=O) groups is 1. The summed E-state index contributed by atoms with van der Waals surface area (Å²) in [5, 5.41) is 11.8. The van der Waals surface area contributed by atoms with Gasteiger partial charge in [0.2, 0.25) is 0 Å². The number of nitro benzene ring substituents is 1. The largest absolute Gasteiger partial charge is 0.487 e. The average Bonchev–Trinajstić information content (AvgIpc) is 2.96. The third-order valence-corrected chi connectivity index (χ3v) is 5.52. The van der Waals surface area contributed by atoms with E-state index < -0.39 is 17.0 Å². The summed E-state index contributed by atoms with van der Waals surface area (Å²) in [5.41, 5.74) is 0.243. The molecule has 0 spiro atoms. The third-order valence-electron chi connectivity index (χ3n) is 4.42. The Morgan fingerprint density at radius 3 is 2.76 bits per heavy atom. The highest BCUT2D eigenvalue weighted by Gasteiger charge is 2.22. The Balaban J connectivity index is 1.87. The van der Waals surface area contributed by atoms with E-state index in [1.54, 1.807) is 13.8 Å². The first-order valence-corrected chi connectivity index (χ1v) is 9.66. The van der Waals surface area contributed by atoms with Crippen molar-refractivity contribution in [2.24, 2.45) is 0 Å². The van der Waals surface area contributed by atoms with Crippen molar-refractivity contribution in [1.29, 1.82) is 0 Å². The summed E-state index contributed by atoms with van der Waals surface area (Å²) in [4.78, 5) is 44.1.